The van der Waals surface area contributed by atoms with E-state index >= 15 is 0 Å². The molecular weight excluding hydrogens is 432 g/mol. The first-order chi connectivity index (χ1) is 15.5. The van der Waals surface area contributed by atoms with E-state index in [-0.39, 0.29) is 11.4 Å². The predicted molar refractivity (Wildman–Crippen MR) is 122 cm³/mol. The molecule has 0 aliphatic rings. The third-order valence-corrected chi connectivity index (χ3v) is 4.97. The number of nitrogens with zero attached hydrogens (tertiary/aromatic N) is 2. The third kappa shape index (κ3) is 5.86. The SMILES string of the molecule is COc1ccc([N+](=O)[O-])cc1C=NNC(=O)/C(=C\c1cccs1)NC(=O)c1ccccc1. The second-order valence-electron chi connectivity index (χ2n) is 6.28. The molecule has 0 aliphatic carbocycles. The van der Waals surface area contributed by atoms with Crippen LogP contribution in [0.3, 0.4) is 0 Å². The molecule has 9 nitrogen and oxygen atoms in total. The average Bonchev–Trinajstić information content (AvgIpc) is 3.32. The number of carbonyl (C=O) groups is 2. The molecule has 162 valence electrons. The van der Waals surface area contributed by atoms with Crippen LogP contribution in [0, 0.1) is 10.1 Å². The molecule has 0 bridgehead atoms. The van der Waals surface area contributed by atoms with Crippen molar-refractivity contribution in [2.75, 3.05) is 7.11 Å². The molecule has 0 spiro atoms. The lowest BCUT2D eigenvalue weighted by molar-refractivity contribution is -0.384. The molecule has 0 saturated heterocycles. The summed E-state index contributed by atoms with van der Waals surface area (Å²) in [6.07, 6.45) is 2.76. The van der Waals surface area contributed by atoms with Gasteiger partial charge in [0.2, 0.25) is 0 Å². The first-order valence-corrected chi connectivity index (χ1v) is 10.1. The maximum atomic E-state index is 12.7. The van der Waals surface area contributed by atoms with E-state index in [0.717, 1.165) is 4.88 Å². The fourth-order valence-corrected chi connectivity index (χ4v) is 3.27. The monoisotopic (exact) mass is 450 g/mol. The summed E-state index contributed by atoms with van der Waals surface area (Å²) in [5.41, 5.74) is 2.87. The molecule has 0 unspecified atom stereocenters. The lowest BCUT2D eigenvalue weighted by atomic mass is 10.2. The number of hydrogen-bond acceptors (Lipinski definition) is 7. The van der Waals surface area contributed by atoms with Crippen molar-refractivity contribution < 1.29 is 19.2 Å². The number of nitro groups is 1. The number of nitrogens with one attached hydrogen (secondary N) is 2. The van der Waals surface area contributed by atoms with Crippen molar-refractivity contribution in [3.63, 3.8) is 0 Å². The summed E-state index contributed by atoms with van der Waals surface area (Å²) in [6, 6.07) is 16.1. The number of carbonyl (C=O) groups excluding carboxylic acids is 2. The van der Waals surface area contributed by atoms with Crippen molar-refractivity contribution in [3.8, 4) is 5.75 Å². The minimum absolute atomic E-state index is 0.00976. The summed E-state index contributed by atoms with van der Waals surface area (Å²) in [4.78, 5) is 36.4. The van der Waals surface area contributed by atoms with Gasteiger partial charge in [0.1, 0.15) is 11.4 Å². The molecule has 32 heavy (non-hydrogen) atoms. The van der Waals surface area contributed by atoms with E-state index in [2.05, 4.69) is 15.8 Å². The van der Waals surface area contributed by atoms with Gasteiger partial charge in [0.25, 0.3) is 17.5 Å². The first-order valence-electron chi connectivity index (χ1n) is 9.25. The molecule has 2 amide bonds. The smallest absolute Gasteiger partial charge is 0.287 e. The van der Waals surface area contributed by atoms with E-state index in [4.69, 9.17) is 4.74 Å². The van der Waals surface area contributed by atoms with Gasteiger partial charge >= 0.3 is 0 Å². The lowest BCUT2D eigenvalue weighted by Gasteiger charge is -2.09. The molecular formula is C22H18N4O5S. The average molecular weight is 450 g/mol. The van der Waals surface area contributed by atoms with Crippen LogP contribution in [0.1, 0.15) is 20.8 Å². The van der Waals surface area contributed by atoms with Crippen LogP contribution in [0.5, 0.6) is 5.75 Å². The summed E-state index contributed by atoms with van der Waals surface area (Å²) in [6.45, 7) is 0. The van der Waals surface area contributed by atoms with E-state index in [1.807, 2.05) is 11.4 Å². The van der Waals surface area contributed by atoms with Gasteiger partial charge in [-0.05, 0) is 35.7 Å². The van der Waals surface area contributed by atoms with Gasteiger partial charge in [-0.1, -0.05) is 24.3 Å². The molecule has 2 N–H and O–H groups in total. The number of non-ortho nitro benzene ring substituents is 1. The van der Waals surface area contributed by atoms with Crippen LogP contribution in [-0.4, -0.2) is 30.1 Å². The van der Waals surface area contributed by atoms with E-state index in [9.17, 15) is 19.7 Å². The minimum Gasteiger partial charge on any atom is -0.496 e. The van der Waals surface area contributed by atoms with Gasteiger partial charge in [0, 0.05) is 28.1 Å². The number of methoxy groups -OCH3 is 1. The fourth-order valence-electron chi connectivity index (χ4n) is 2.61. The van der Waals surface area contributed by atoms with Gasteiger partial charge in [-0.15, -0.1) is 11.3 Å². The van der Waals surface area contributed by atoms with Gasteiger partial charge in [0.15, 0.2) is 0 Å². The van der Waals surface area contributed by atoms with Crippen LogP contribution in [-0.2, 0) is 4.79 Å². The second-order valence-corrected chi connectivity index (χ2v) is 7.26. The van der Waals surface area contributed by atoms with Crippen molar-refractivity contribution in [1.29, 1.82) is 0 Å². The molecule has 10 heteroatoms. The molecule has 1 heterocycles. The van der Waals surface area contributed by atoms with Gasteiger partial charge in [-0.25, -0.2) is 5.43 Å². The molecule has 3 rings (SSSR count). The Morgan fingerprint density at radius 1 is 1.12 bits per heavy atom. The van der Waals surface area contributed by atoms with Gasteiger partial charge < -0.3 is 10.1 Å². The summed E-state index contributed by atoms with van der Waals surface area (Å²) in [5.74, 6) is -0.767. The quantitative estimate of drug-likeness (QED) is 0.235. The zero-order chi connectivity index (χ0) is 22.9. The molecule has 0 saturated carbocycles. The first kappa shape index (κ1) is 22.4. The third-order valence-electron chi connectivity index (χ3n) is 4.15. The molecule has 2 aromatic carbocycles. The van der Waals surface area contributed by atoms with Gasteiger partial charge in [0.05, 0.1) is 18.2 Å². The Balaban J connectivity index is 1.79. The summed E-state index contributed by atoms with van der Waals surface area (Å²) >= 11 is 1.40. The van der Waals surface area contributed by atoms with Crippen molar-refractivity contribution in [2.24, 2.45) is 5.10 Å². The second kappa shape index (κ2) is 10.6. The Hall–Kier alpha value is -4.31. The van der Waals surface area contributed by atoms with Crippen LogP contribution >= 0.6 is 11.3 Å². The van der Waals surface area contributed by atoms with Gasteiger partial charge in [-0.2, -0.15) is 5.10 Å². The van der Waals surface area contributed by atoms with Crippen molar-refractivity contribution in [3.05, 3.63) is 97.9 Å². The maximum Gasteiger partial charge on any atom is 0.287 e. The Labute approximate surface area is 187 Å². The highest BCUT2D eigenvalue weighted by atomic mass is 32.1. The predicted octanol–water partition coefficient (Wildman–Crippen LogP) is 3.59. The molecule has 0 radical (unpaired) electrons. The van der Waals surface area contributed by atoms with Crippen molar-refractivity contribution in [2.45, 2.75) is 0 Å². The summed E-state index contributed by atoms with van der Waals surface area (Å²) < 4.78 is 5.16. The number of benzene rings is 2. The molecule has 3 aromatic rings. The van der Waals surface area contributed by atoms with E-state index < -0.39 is 16.7 Å². The van der Waals surface area contributed by atoms with E-state index in [1.165, 1.54) is 48.9 Å². The number of nitro benzene ring substituents is 1. The number of rotatable bonds is 8. The molecule has 0 fully saturated rings. The lowest BCUT2D eigenvalue weighted by Crippen LogP contribution is -2.32. The number of thiophene rings is 1. The number of ether oxygens (including phenoxy) is 1. The molecule has 0 atom stereocenters. The van der Waals surface area contributed by atoms with E-state index in [1.54, 1.807) is 36.4 Å². The Kier molecular flexibility index (Phi) is 7.44. The normalized spacial score (nSPS) is 11.2. The summed E-state index contributed by atoms with van der Waals surface area (Å²) in [5, 5.41) is 19.3. The van der Waals surface area contributed by atoms with Crippen LogP contribution in [0.15, 0.2) is 76.8 Å². The number of amides is 2. The molecule has 0 aliphatic heterocycles. The van der Waals surface area contributed by atoms with Crippen LogP contribution < -0.4 is 15.5 Å². The maximum absolute atomic E-state index is 12.7. The van der Waals surface area contributed by atoms with Gasteiger partial charge in [-0.3, -0.25) is 19.7 Å². The highest BCUT2D eigenvalue weighted by molar-refractivity contribution is 7.10. The van der Waals surface area contributed by atoms with Crippen LogP contribution in [0.25, 0.3) is 6.08 Å². The largest absolute Gasteiger partial charge is 0.496 e. The van der Waals surface area contributed by atoms with Crippen molar-refractivity contribution >= 4 is 41.1 Å². The highest BCUT2D eigenvalue weighted by Gasteiger charge is 2.15. The van der Waals surface area contributed by atoms with Crippen LogP contribution in [0.4, 0.5) is 5.69 Å². The van der Waals surface area contributed by atoms with Crippen molar-refractivity contribution in [1.82, 2.24) is 10.7 Å². The highest BCUT2D eigenvalue weighted by Crippen LogP contribution is 2.22. The Morgan fingerprint density at radius 2 is 1.91 bits per heavy atom. The van der Waals surface area contributed by atoms with E-state index in [0.29, 0.717) is 16.9 Å². The standard InChI is InChI=1S/C22H18N4O5S/c1-31-20-10-9-17(26(29)30)12-16(20)14-23-25-22(28)19(13-18-8-5-11-32-18)24-21(27)15-6-3-2-4-7-15/h2-14H,1H3,(H,24,27)(H,25,28)/b19-13+,23-14?. The fraction of sp³-hybridized carbons (Fsp3) is 0.0455. The topological polar surface area (TPSA) is 123 Å². The van der Waals surface area contributed by atoms with Crippen LogP contribution in [0.2, 0.25) is 0 Å². The zero-order valence-corrected chi connectivity index (χ0v) is 17.7. The Bertz CT molecular complexity index is 1170. The summed E-state index contributed by atoms with van der Waals surface area (Å²) in [7, 11) is 1.41. The zero-order valence-electron chi connectivity index (χ0n) is 16.8. The number of hydrazone groups is 1. The Morgan fingerprint density at radius 3 is 2.56 bits per heavy atom. The number of hydrogen-bond donors (Lipinski definition) is 2. The minimum atomic E-state index is -0.664. The molecule has 1 aromatic heterocycles.